The van der Waals surface area contributed by atoms with Gasteiger partial charge in [-0.3, -0.25) is 0 Å². The fourth-order valence-corrected chi connectivity index (χ4v) is 2.50. The summed E-state index contributed by atoms with van der Waals surface area (Å²) in [4.78, 5) is 10.8. The van der Waals surface area contributed by atoms with Crippen LogP contribution < -0.4 is 10.2 Å². The lowest BCUT2D eigenvalue weighted by Crippen LogP contribution is -3.06. The van der Waals surface area contributed by atoms with Crippen LogP contribution in [0.25, 0.3) is 22.3 Å². The minimum Gasteiger partial charge on any atom is -0.364 e. The van der Waals surface area contributed by atoms with Crippen molar-refractivity contribution in [1.29, 1.82) is 0 Å². The predicted octanol–water partition coefficient (Wildman–Crippen LogP) is 2.51. The second-order valence-corrected chi connectivity index (χ2v) is 6.24. The number of nitrogens with one attached hydrogen (secondary N) is 2. The Labute approximate surface area is 141 Å². The van der Waals surface area contributed by atoms with Crippen molar-refractivity contribution in [3.63, 3.8) is 0 Å². The smallest absolute Gasteiger partial charge is 0.162 e. The molecule has 0 radical (unpaired) electrons. The van der Waals surface area contributed by atoms with E-state index in [4.69, 9.17) is 16.6 Å². The molecule has 118 valence electrons. The first kappa shape index (κ1) is 15.7. The number of hydrogen-bond donors (Lipinski definition) is 2. The zero-order chi connectivity index (χ0) is 16.2. The second-order valence-electron chi connectivity index (χ2n) is 5.80. The molecule has 0 unspecified atom stereocenters. The number of halogens is 1. The fraction of sp³-hybridized carbons (Fsp3) is 0.222. The molecule has 1 aromatic heterocycles. The van der Waals surface area contributed by atoms with Gasteiger partial charge >= 0.3 is 0 Å². The Balaban J connectivity index is 2.00. The molecule has 0 aliphatic carbocycles. The minimum atomic E-state index is 0.708. The molecule has 0 spiro atoms. The summed E-state index contributed by atoms with van der Waals surface area (Å²) in [6.07, 6.45) is 0. The molecule has 2 N–H and O–H groups in total. The quantitative estimate of drug-likeness (QED) is 0.756. The molecule has 3 rings (SSSR count). The minimum absolute atomic E-state index is 0.708. The molecule has 0 bridgehead atoms. The lowest BCUT2D eigenvalue weighted by molar-refractivity contribution is -0.856. The van der Waals surface area contributed by atoms with E-state index in [9.17, 15) is 0 Å². The number of fused-ring (bicyclic) bond motifs is 1. The summed E-state index contributed by atoms with van der Waals surface area (Å²) in [6, 6.07) is 15.7. The van der Waals surface area contributed by atoms with Crippen molar-refractivity contribution in [3.8, 4) is 11.4 Å². The fourth-order valence-electron chi connectivity index (χ4n) is 2.37. The van der Waals surface area contributed by atoms with Gasteiger partial charge in [-0.1, -0.05) is 23.7 Å². The van der Waals surface area contributed by atoms with Crippen molar-refractivity contribution in [2.45, 2.75) is 0 Å². The highest BCUT2D eigenvalue weighted by Gasteiger charge is 2.09. The molecule has 0 atom stereocenters. The van der Waals surface area contributed by atoms with Gasteiger partial charge in [0.05, 0.1) is 32.7 Å². The first-order valence-corrected chi connectivity index (χ1v) is 8.07. The van der Waals surface area contributed by atoms with Gasteiger partial charge in [-0.15, -0.1) is 0 Å². The van der Waals surface area contributed by atoms with E-state index in [1.165, 1.54) is 4.90 Å². The highest BCUT2D eigenvalue weighted by molar-refractivity contribution is 6.30. The molecule has 1 heterocycles. The molecule has 4 nitrogen and oxygen atoms in total. The van der Waals surface area contributed by atoms with Crippen molar-refractivity contribution >= 4 is 28.3 Å². The Bertz CT molecular complexity index is 800. The van der Waals surface area contributed by atoms with Gasteiger partial charge in [-0.05, 0) is 36.4 Å². The summed E-state index contributed by atoms with van der Waals surface area (Å²) < 4.78 is 0. The summed E-state index contributed by atoms with van der Waals surface area (Å²) in [5.41, 5.74) is 1.90. The molecule has 5 heteroatoms. The zero-order valence-electron chi connectivity index (χ0n) is 13.3. The Morgan fingerprint density at radius 1 is 1.00 bits per heavy atom. The number of likely N-dealkylation sites (N-methyl/N-ethyl adjacent to an activating group) is 1. The summed E-state index contributed by atoms with van der Waals surface area (Å²) in [7, 11) is 4.28. The number of benzene rings is 2. The van der Waals surface area contributed by atoms with Gasteiger partial charge in [0.1, 0.15) is 5.82 Å². The van der Waals surface area contributed by atoms with Crippen molar-refractivity contribution < 1.29 is 4.90 Å². The van der Waals surface area contributed by atoms with Gasteiger partial charge in [0, 0.05) is 16.0 Å². The normalized spacial score (nSPS) is 11.1. The van der Waals surface area contributed by atoms with Crippen LogP contribution in [0, 0.1) is 0 Å². The number of nitrogens with zero attached hydrogens (tertiary/aromatic N) is 2. The predicted molar refractivity (Wildman–Crippen MR) is 96.2 cm³/mol. The molecular weight excluding hydrogens is 308 g/mol. The van der Waals surface area contributed by atoms with Crippen LogP contribution in [-0.4, -0.2) is 37.2 Å². The molecule has 23 heavy (non-hydrogen) atoms. The molecule has 0 amide bonds. The Kier molecular flexibility index (Phi) is 4.74. The maximum atomic E-state index is 5.97. The van der Waals surface area contributed by atoms with E-state index in [-0.39, 0.29) is 0 Å². The Morgan fingerprint density at radius 3 is 2.48 bits per heavy atom. The Hall–Kier alpha value is -2.17. The molecule has 0 saturated heterocycles. The molecule has 0 aliphatic rings. The van der Waals surface area contributed by atoms with E-state index in [2.05, 4.69) is 24.4 Å². The lowest BCUT2D eigenvalue weighted by atomic mass is 10.2. The Morgan fingerprint density at radius 2 is 1.74 bits per heavy atom. The third-order valence-electron chi connectivity index (χ3n) is 3.62. The number of quaternary nitrogens is 1. The molecule has 3 aromatic rings. The van der Waals surface area contributed by atoms with E-state index in [0.717, 1.165) is 35.4 Å². The molecular formula is C18H20ClN4+. The van der Waals surface area contributed by atoms with E-state index < -0.39 is 0 Å². The number of rotatable bonds is 5. The first-order valence-electron chi connectivity index (χ1n) is 7.69. The lowest BCUT2D eigenvalue weighted by Gasteiger charge is -2.12. The van der Waals surface area contributed by atoms with E-state index in [1.807, 2.05) is 48.5 Å². The number of anilines is 1. The van der Waals surface area contributed by atoms with Crippen LogP contribution in [0.3, 0.4) is 0 Å². The SMILES string of the molecule is C[NH+](C)CCNc1nc(-c2ccc(Cl)cc2)nc2ccccc12. The van der Waals surface area contributed by atoms with Crippen molar-refractivity contribution in [2.75, 3.05) is 32.5 Å². The highest BCUT2D eigenvalue weighted by Crippen LogP contribution is 2.25. The topological polar surface area (TPSA) is 42.2 Å². The van der Waals surface area contributed by atoms with Gasteiger partial charge in [-0.2, -0.15) is 0 Å². The highest BCUT2D eigenvalue weighted by atomic mass is 35.5. The van der Waals surface area contributed by atoms with Crippen molar-refractivity contribution in [3.05, 3.63) is 53.6 Å². The summed E-state index contributed by atoms with van der Waals surface area (Å²) >= 11 is 5.97. The van der Waals surface area contributed by atoms with Crippen LogP contribution in [0.2, 0.25) is 5.02 Å². The first-order chi connectivity index (χ1) is 11.1. The summed E-state index contributed by atoms with van der Waals surface area (Å²) in [5.74, 6) is 1.59. The maximum Gasteiger partial charge on any atom is 0.162 e. The molecule has 2 aromatic carbocycles. The average molecular weight is 328 g/mol. The molecule has 0 fully saturated rings. The largest absolute Gasteiger partial charge is 0.364 e. The third-order valence-corrected chi connectivity index (χ3v) is 3.88. The number of aromatic nitrogens is 2. The third kappa shape index (κ3) is 3.78. The maximum absolute atomic E-state index is 5.97. The van der Waals surface area contributed by atoms with Crippen LogP contribution in [0.15, 0.2) is 48.5 Å². The standard InChI is InChI=1S/C18H19ClN4/c1-23(2)12-11-20-18-15-5-3-4-6-16(15)21-17(22-18)13-7-9-14(19)10-8-13/h3-10H,11-12H2,1-2H3,(H,20,21,22)/p+1. The van der Waals surface area contributed by atoms with E-state index in [1.54, 1.807) is 0 Å². The van der Waals surface area contributed by atoms with Gasteiger partial charge in [0.2, 0.25) is 0 Å². The summed E-state index contributed by atoms with van der Waals surface area (Å²) in [6.45, 7) is 1.89. The van der Waals surface area contributed by atoms with Gasteiger partial charge in [0.25, 0.3) is 0 Å². The van der Waals surface area contributed by atoms with Crippen LogP contribution >= 0.6 is 11.6 Å². The summed E-state index contributed by atoms with van der Waals surface area (Å²) in [5, 5.41) is 5.19. The van der Waals surface area contributed by atoms with Crippen molar-refractivity contribution in [1.82, 2.24) is 9.97 Å². The molecule has 0 saturated carbocycles. The van der Waals surface area contributed by atoms with Crippen LogP contribution in [0.1, 0.15) is 0 Å². The van der Waals surface area contributed by atoms with E-state index >= 15 is 0 Å². The number of hydrogen-bond acceptors (Lipinski definition) is 3. The van der Waals surface area contributed by atoms with Gasteiger partial charge < -0.3 is 10.2 Å². The second kappa shape index (κ2) is 6.94. The van der Waals surface area contributed by atoms with Gasteiger partial charge in [0.15, 0.2) is 5.82 Å². The molecule has 0 aliphatic heterocycles. The van der Waals surface area contributed by atoms with Crippen molar-refractivity contribution in [2.24, 2.45) is 0 Å². The van der Waals surface area contributed by atoms with E-state index in [0.29, 0.717) is 10.8 Å². The van der Waals surface area contributed by atoms with Crippen LogP contribution in [0.5, 0.6) is 0 Å². The number of para-hydroxylation sites is 1. The zero-order valence-corrected chi connectivity index (χ0v) is 14.1. The van der Waals surface area contributed by atoms with Crippen LogP contribution in [-0.2, 0) is 0 Å². The monoisotopic (exact) mass is 327 g/mol. The van der Waals surface area contributed by atoms with Crippen LogP contribution in [0.4, 0.5) is 5.82 Å². The average Bonchev–Trinajstić information content (AvgIpc) is 2.55. The van der Waals surface area contributed by atoms with Gasteiger partial charge in [-0.25, -0.2) is 9.97 Å².